The molecule has 2 aliphatic rings. The highest BCUT2D eigenvalue weighted by atomic mass is 127. The lowest BCUT2D eigenvalue weighted by molar-refractivity contribution is 0.120. The van der Waals surface area contributed by atoms with Gasteiger partial charge in [0.05, 0.1) is 6.10 Å². The molecule has 30 heavy (non-hydrogen) atoms. The minimum Gasteiger partial charge on any atom is -0.393 e. The molecule has 3 N–H and O–H groups in total. The summed E-state index contributed by atoms with van der Waals surface area (Å²) in [7, 11) is 0. The van der Waals surface area contributed by atoms with Crippen molar-refractivity contribution in [2.75, 3.05) is 50.7 Å². The fourth-order valence-corrected chi connectivity index (χ4v) is 4.24. The lowest BCUT2D eigenvalue weighted by Gasteiger charge is -2.36. The number of para-hydroxylation sites is 1. The Hall–Kier alpha value is -1.06. The van der Waals surface area contributed by atoms with Crippen LogP contribution in [0.4, 0.5) is 5.69 Å². The number of nitrogens with zero attached hydrogens (tertiary/aromatic N) is 3. The Morgan fingerprint density at radius 2 is 1.73 bits per heavy atom. The zero-order valence-corrected chi connectivity index (χ0v) is 20.8. The van der Waals surface area contributed by atoms with Crippen LogP contribution in [0.2, 0.25) is 0 Å². The third-order valence-electron chi connectivity index (χ3n) is 6.03. The molecule has 0 aromatic heterocycles. The number of unbranched alkanes of at least 4 members (excludes halogenated alkanes) is 1. The van der Waals surface area contributed by atoms with Crippen molar-refractivity contribution in [2.45, 2.75) is 57.6 Å². The first-order valence-electron chi connectivity index (χ1n) is 11.5. The van der Waals surface area contributed by atoms with Gasteiger partial charge in [0.15, 0.2) is 5.96 Å². The summed E-state index contributed by atoms with van der Waals surface area (Å²) in [4.78, 5) is 9.83. The first kappa shape index (κ1) is 25.2. The second-order valence-corrected chi connectivity index (χ2v) is 8.28. The van der Waals surface area contributed by atoms with E-state index in [9.17, 15) is 5.11 Å². The van der Waals surface area contributed by atoms with Gasteiger partial charge in [-0.25, -0.2) is 0 Å². The van der Waals surface area contributed by atoms with Crippen molar-refractivity contribution in [3.8, 4) is 0 Å². The van der Waals surface area contributed by atoms with Gasteiger partial charge in [0.2, 0.25) is 0 Å². The lowest BCUT2D eigenvalue weighted by Crippen LogP contribution is -2.46. The summed E-state index contributed by atoms with van der Waals surface area (Å²) in [5.41, 5.74) is 1.34. The Labute approximate surface area is 199 Å². The molecule has 0 radical (unpaired) electrons. The number of hydrogen-bond donors (Lipinski definition) is 3. The average molecular weight is 530 g/mol. The summed E-state index contributed by atoms with van der Waals surface area (Å²) >= 11 is 0. The number of anilines is 1. The van der Waals surface area contributed by atoms with E-state index in [0.29, 0.717) is 6.04 Å². The van der Waals surface area contributed by atoms with Crippen LogP contribution in [0.25, 0.3) is 0 Å². The Morgan fingerprint density at radius 1 is 1.03 bits per heavy atom. The molecule has 170 valence electrons. The van der Waals surface area contributed by atoms with Gasteiger partial charge >= 0.3 is 0 Å². The Morgan fingerprint density at radius 3 is 2.40 bits per heavy atom. The van der Waals surface area contributed by atoms with Gasteiger partial charge in [0.1, 0.15) is 0 Å². The molecule has 7 heteroatoms. The number of rotatable bonds is 8. The molecule has 0 bridgehead atoms. The van der Waals surface area contributed by atoms with E-state index < -0.39 is 0 Å². The normalized spacial score (nSPS) is 23.0. The van der Waals surface area contributed by atoms with Crippen molar-refractivity contribution in [3.05, 3.63) is 30.3 Å². The molecule has 3 rings (SSSR count). The van der Waals surface area contributed by atoms with Crippen molar-refractivity contribution < 1.29 is 5.11 Å². The van der Waals surface area contributed by atoms with Gasteiger partial charge in [-0.15, -0.1) is 24.0 Å². The molecule has 1 aromatic rings. The van der Waals surface area contributed by atoms with Crippen LogP contribution < -0.4 is 15.5 Å². The minimum absolute atomic E-state index is 0. The molecule has 2 fully saturated rings. The van der Waals surface area contributed by atoms with E-state index in [0.717, 1.165) is 77.3 Å². The molecular formula is C23H40IN5O. The number of nitrogens with one attached hydrogen (secondary N) is 2. The number of aliphatic hydroxyl groups is 1. The van der Waals surface area contributed by atoms with Crippen LogP contribution in [0.1, 0.15) is 45.4 Å². The quantitative estimate of drug-likeness (QED) is 0.209. The van der Waals surface area contributed by atoms with Gasteiger partial charge in [0.25, 0.3) is 0 Å². The number of hydrogen-bond acceptors (Lipinski definition) is 4. The predicted octanol–water partition coefficient (Wildman–Crippen LogP) is 3.07. The van der Waals surface area contributed by atoms with Gasteiger partial charge in [0, 0.05) is 51.0 Å². The van der Waals surface area contributed by atoms with Crippen LogP contribution in [0, 0.1) is 0 Å². The number of halogens is 1. The van der Waals surface area contributed by atoms with E-state index in [2.05, 4.69) is 57.7 Å². The molecule has 0 atom stereocenters. The molecule has 1 saturated heterocycles. The average Bonchev–Trinajstić information content (AvgIpc) is 2.76. The van der Waals surface area contributed by atoms with E-state index in [4.69, 9.17) is 4.99 Å². The van der Waals surface area contributed by atoms with Gasteiger partial charge in [-0.1, -0.05) is 18.2 Å². The molecule has 1 heterocycles. The van der Waals surface area contributed by atoms with Crippen LogP contribution in [0.15, 0.2) is 35.3 Å². The van der Waals surface area contributed by atoms with Crippen molar-refractivity contribution in [3.63, 3.8) is 0 Å². The monoisotopic (exact) mass is 529 g/mol. The SMILES string of the molecule is CCNC(=NCCCCN1CCN(c2ccccc2)CC1)NC1CCC(O)CC1.I. The second kappa shape index (κ2) is 14.1. The van der Waals surface area contributed by atoms with Crippen LogP contribution in [-0.2, 0) is 0 Å². The highest BCUT2D eigenvalue weighted by Crippen LogP contribution is 2.18. The van der Waals surface area contributed by atoms with Crippen molar-refractivity contribution >= 4 is 35.6 Å². The fraction of sp³-hybridized carbons (Fsp3) is 0.696. The number of benzene rings is 1. The zero-order valence-electron chi connectivity index (χ0n) is 18.4. The minimum atomic E-state index is -0.109. The fourth-order valence-electron chi connectivity index (χ4n) is 4.24. The van der Waals surface area contributed by atoms with Gasteiger partial charge in [-0.3, -0.25) is 9.89 Å². The van der Waals surface area contributed by atoms with E-state index in [1.54, 1.807) is 0 Å². The highest BCUT2D eigenvalue weighted by molar-refractivity contribution is 14.0. The van der Waals surface area contributed by atoms with Gasteiger partial charge in [-0.2, -0.15) is 0 Å². The van der Waals surface area contributed by atoms with Crippen LogP contribution >= 0.6 is 24.0 Å². The van der Waals surface area contributed by atoms with Crippen LogP contribution in [0.3, 0.4) is 0 Å². The van der Waals surface area contributed by atoms with E-state index >= 15 is 0 Å². The predicted molar refractivity (Wildman–Crippen MR) is 137 cm³/mol. The van der Waals surface area contributed by atoms with Crippen molar-refractivity contribution in [1.29, 1.82) is 0 Å². The van der Waals surface area contributed by atoms with Gasteiger partial charge < -0.3 is 20.6 Å². The van der Waals surface area contributed by atoms with Crippen molar-refractivity contribution in [2.24, 2.45) is 4.99 Å². The van der Waals surface area contributed by atoms with E-state index in [-0.39, 0.29) is 30.1 Å². The molecular weight excluding hydrogens is 489 g/mol. The largest absolute Gasteiger partial charge is 0.393 e. The molecule has 0 amide bonds. The molecule has 1 aromatic carbocycles. The summed E-state index contributed by atoms with van der Waals surface area (Å²) in [6.07, 6.45) is 6.06. The summed E-state index contributed by atoms with van der Waals surface area (Å²) in [6, 6.07) is 11.2. The lowest BCUT2D eigenvalue weighted by atomic mass is 9.93. The van der Waals surface area contributed by atoms with Crippen molar-refractivity contribution in [1.82, 2.24) is 15.5 Å². The Bertz CT molecular complexity index is 599. The maximum Gasteiger partial charge on any atom is 0.191 e. The molecule has 1 aliphatic heterocycles. The van der Waals surface area contributed by atoms with Crippen LogP contribution in [0.5, 0.6) is 0 Å². The number of guanidine groups is 1. The zero-order chi connectivity index (χ0) is 20.3. The first-order valence-corrected chi connectivity index (χ1v) is 11.5. The van der Waals surface area contributed by atoms with E-state index in [1.807, 2.05) is 0 Å². The third kappa shape index (κ3) is 8.59. The summed E-state index contributed by atoms with van der Waals surface area (Å²) in [5.74, 6) is 0.936. The summed E-state index contributed by atoms with van der Waals surface area (Å²) < 4.78 is 0. The first-order chi connectivity index (χ1) is 14.2. The number of aliphatic imine (C=N–C) groups is 1. The Kier molecular flexibility index (Phi) is 11.8. The smallest absolute Gasteiger partial charge is 0.191 e. The molecule has 0 unspecified atom stereocenters. The molecule has 0 spiro atoms. The standard InChI is InChI=1S/C23H39N5O.HI/c1-2-24-23(26-20-10-12-22(29)13-11-20)25-14-6-7-15-27-16-18-28(19-17-27)21-8-4-3-5-9-21;/h3-5,8-9,20,22,29H,2,6-7,10-19H2,1H3,(H2,24,25,26);1H. The summed E-state index contributed by atoms with van der Waals surface area (Å²) in [6.45, 7) is 9.56. The Balaban J connectivity index is 0.00000320. The van der Waals surface area contributed by atoms with E-state index in [1.165, 1.54) is 18.7 Å². The van der Waals surface area contributed by atoms with Crippen LogP contribution in [-0.4, -0.2) is 73.9 Å². The molecule has 1 saturated carbocycles. The third-order valence-corrected chi connectivity index (χ3v) is 6.03. The summed E-state index contributed by atoms with van der Waals surface area (Å²) in [5, 5.41) is 16.6. The molecule has 1 aliphatic carbocycles. The number of piperazine rings is 1. The highest BCUT2D eigenvalue weighted by Gasteiger charge is 2.20. The maximum absolute atomic E-state index is 9.66. The second-order valence-electron chi connectivity index (χ2n) is 8.28. The molecule has 6 nitrogen and oxygen atoms in total. The maximum atomic E-state index is 9.66. The van der Waals surface area contributed by atoms with Gasteiger partial charge in [-0.05, 0) is 64.1 Å². The number of aliphatic hydroxyl groups excluding tert-OH is 1. The topological polar surface area (TPSA) is 63.1 Å².